The number of aromatic nitrogens is 2. The second kappa shape index (κ2) is 6.95. The predicted molar refractivity (Wildman–Crippen MR) is 99.7 cm³/mol. The Morgan fingerprint density at radius 1 is 1.11 bits per heavy atom. The lowest BCUT2D eigenvalue weighted by molar-refractivity contribution is -0.141. The molecule has 2 aromatic carbocycles. The first-order chi connectivity index (χ1) is 13.0. The molecule has 0 saturated heterocycles. The van der Waals surface area contributed by atoms with E-state index in [0.29, 0.717) is 5.56 Å². The molecule has 1 aromatic heterocycles. The number of alkyl halides is 3. The van der Waals surface area contributed by atoms with Gasteiger partial charge in [0, 0.05) is 18.3 Å². The molecule has 148 valence electrons. The molecule has 10 heteroatoms. The first-order valence-electron chi connectivity index (χ1n) is 8.10. The molecule has 1 heterocycles. The fourth-order valence-electron chi connectivity index (χ4n) is 2.89. The third kappa shape index (κ3) is 3.73. The number of benzene rings is 2. The number of hydrogen-bond acceptors (Lipinski definition) is 4. The van der Waals surface area contributed by atoms with Gasteiger partial charge in [0.05, 0.1) is 11.4 Å². The van der Waals surface area contributed by atoms with E-state index in [9.17, 15) is 21.6 Å². The molecule has 0 saturated carbocycles. The minimum Gasteiger partial charge on any atom is -0.388 e. The Morgan fingerprint density at radius 2 is 1.79 bits per heavy atom. The lowest BCUT2D eigenvalue weighted by Gasteiger charge is -2.13. The van der Waals surface area contributed by atoms with Crippen LogP contribution in [0.3, 0.4) is 0 Å². The van der Waals surface area contributed by atoms with E-state index in [1.54, 1.807) is 32.2 Å². The molecule has 3 rings (SSSR count). The highest BCUT2D eigenvalue weighted by atomic mass is 32.2. The van der Waals surface area contributed by atoms with Crippen LogP contribution in [0.25, 0.3) is 16.9 Å². The standard InChI is InChI=1S/C18H17F3N4O2S/c1-11-9-12(7-8-13(11)23-2)15-10-17(18(19,20)21)24-25(15)14-5-3-4-6-16(14)28(22,26)27/h3-10,23H,1-2H3,(H2,22,26,27). The summed E-state index contributed by atoms with van der Waals surface area (Å²) in [5.74, 6) is 0. The number of nitrogens with one attached hydrogen (secondary N) is 1. The summed E-state index contributed by atoms with van der Waals surface area (Å²) in [7, 11) is -2.45. The fraction of sp³-hybridized carbons (Fsp3) is 0.167. The first-order valence-corrected chi connectivity index (χ1v) is 9.65. The monoisotopic (exact) mass is 410 g/mol. The average Bonchev–Trinajstić information content (AvgIpc) is 3.06. The molecule has 0 fully saturated rings. The van der Waals surface area contributed by atoms with Crippen LogP contribution in [0.5, 0.6) is 0 Å². The van der Waals surface area contributed by atoms with Crippen LogP contribution < -0.4 is 10.5 Å². The van der Waals surface area contributed by atoms with Crippen molar-refractivity contribution in [3.05, 3.63) is 59.8 Å². The van der Waals surface area contributed by atoms with Crippen LogP contribution in [0, 0.1) is 6.92 Å². The Morgan fingerprint density at radius 3 is 2.36 bits per heavy atom. The summed E-state index contributed by atoms with van der Waals surface area (Å²) in [6.07, 6.45) is -4.70. The molecule has 0 atom stereocenters. The van der Waals surface area contributed by atoms with Gasteiger partial charge in [0.15, 0.2) is 5.69 Å². The number of nitrogens with zero attached hydrogens (tertiary/aromatic N) is 2. The number of nitrogens with two attached hydrogens (primary N) is 1. The van der Waals surface area contributed by atoms with Gasteiger partial charge in [-0.2, -0.15) is 18.3 Å². The molecule has 0 radical (unpaired) electrons. The summed E-state index contributed by atoms with van der Waals surface area (Å²) in [6, 6.07) is 11.4. The number of anilines is 1. The van der Waals surface area contributed by atoms with Crippen molar-refractivity contribution in [1.29, 1.82) is 0 Å². The molecular formula is C18H17F3N4O2S. The van der Waals surface area contributed by atoms with Gasteiger partial charge in [-0.15, -0.1) is 0 Å². The van der Waals surface area contributed by atoms with Crippen molar-refractivity contribution in [1.82, 2.24) is 9.78 Å². The van der Waals surface area contributed by atoms with Crippen LogP contribution in [0.15, 0.2) is 53.4 Å². The quantitative estimate of drug-likeness (QED) is 0.688. The SMILES string of the molecule is CNc1ccc(-c2cc(C(F)(F)F)nn2-c2ccccc2S(N)(=O)=O)cc1C. The summed E-state index contributed by atoms with van der Waals surface area (Å²) in [5.41, 5.74) is 0.961. The second-order valence-electron chi connectivity index (χ2n) is 6.12. The largest absolute Gasteiger partial charge is 0.435 e. The van der Waals surface area contributed by atoms with Crippen LogP contribution in [-0.2, 0) is 16.2 Å². The molecule has 0 bridgehead atoms. The highest BCUT2D eigenvalue weighted by Crippen LogP contribution is 2.35. The molecule has 0 aliphatic carbocycles. The molecule has 0 amide bonds. The lowest BCUT2D eigenvalue weighted by atomic mass is 10.1. The topological polar surface area (TPSA) is 90.0 Å². The Balaban J connectivity index is 2.31. The molecule has 28 heavy (non-hydrogen) atoms. The minimum absolute atomic E-state index is 0.0640. The number of primary sulfonamides is 1. The minimum atomic E-state index is -4.70. The van der Waals surface area contributed by atoms with Crippen molar-refractivity contribution in [3.8, 4) is 16.9 Å². The number of hydrogen-bond donors (Lipinski definition) is 2. The smallest absolute Gasteiger partial charge is 0.388 e. The third-order valence-electron chi connectivity index (χ3n) is 4.19. The van der Waals surface area contributed by atoms with Crippen molar-refractivity contribution in [2.24, 2.45) is 5.14 Å². The fourth-order valence-corrected chi connectivity index (χ4v) is 3.60. The molecule has 0 spiro atoms. The highest BCUT2D eigenvalue weighted by molar-refractivity contribution is 7.89. The van der Waals surface area contributed by atoms with Gasteiger partial charge in [-0.1, -0.05) is 18.2 Å². The number of para-hydroxylation sites is 1. The Hall–Kier alpha value is -2.85. The summed E-state index contributed by atoms with van der Waals surface area (Å²) in [4.78, 5) is -0.323. The molecule has 0 aliphatic heterocycles. The zero-order valence-electron chi connectivity index (χ0n) is 14.9. The van der Waals surface area contributed by atoms with Crippen molar-refractivity contribution >= 4 is 15.7 Å². The second-order valence-corrected chi connectivity index (χ2v) is 7.65. The highest BCUT2D eigenvalue weighted by Gasteiger charge is 2.35. The summed E-state index contributed by atoms with van der Waals surface area (Å²) < 4.78 is 64.7. The van der Waals surface area contributed by atoms with Crippen LogP contribution in [0.4, 0.5) is 18.9 Å². The summed E-state index contributed by atoms with van der Waals surface area (Å²) >= 11 is 0. The van der Waals surface area contributed by atoms with Crippen molar-refractivity contribution in [2.75, 3.05) is 12.4 Å². The van der Waals surface area contributed by atoms with Crippen molar-refractivity contribution < 1.29 is 21.6 Å². The normalized spacial score (nSPS) is 12.2. The zero-order valence-corrected chi connectivity index (χ0v) is 15.8. The van der Waals surface area contributed by atoms with Gasteiger partial charge < -0.3 is 5.32 Å². The number of halogens is 3. The zero-order chi connectivity index (χ0) is 20.7. The van der Waals surface area contributed by atoms with E-state index >= 15 is 0 Å². The lowest BCUT2D eigenvalue weighted by Crippen LogP contribution is -2.16. The Bertz CT molecular complexity index is 1140. The van der Waals surface area contributed by atoms with Gasteiger partial charge in [-0.3, -0.25) is 0 Å². The van der Waals surface area contributed by atoms with Crippen LogP contribution >= 0.6 is 0 Å². The number of sulfonamides is 1. The van der Waals surface area contributed by atoms with Gasteiger partial charge in [0.2, 0.25) is 10.0 Å². The molecule has 6 nitrogen and oxygen atoms in total. The maximum Gasteiger partial charge on any atom is 0.435 e. The summed E-state index contributed by atoms with van der Waals surface area (Å²) in [5, 5.41) is 11.8. The molecule has 0 unspecified atom stereocenters. The van der Waals surface area contributed by atoms with Gasteiger partial charge in [-0.25, -0.2) is 18.2 Å². The van der Waals surface area contributed by atoms with Gasteiger partial charge in [0.1, 0.15) is 4.90 Å². The van der Waals surface area contributed by atoms with Gasteiger partial charge in [-0.05, 0) is 42.8 Å². The number of rotatable bonds is 4. The van der Waals surface area contributed by atoms with E-state index in [2.05, 4.69) is 10.4 Å². The van der Waals surface area contributed by atoms with Crippen molar-refractivity contribution in [2.45, 2.75) is 18.0 Å². The van der Waals surface area contributed by atoms with Gasteiger partial charge in [0.25, 0.3) is 0 Å². The van der Waals surface area contributed by atoms with Crippen LogP contribution in [0.1, 0.15) is 11.3 Å². The first kappa shape index (κ1) is 19.9. The van der Waals surface area contributed by atoms with E-state index in [4.69, 9.17) is 5.14 Å². The third-order valence-corrected chi connectivity index (χ3v) is 5.15. The van der Waals surface area contributed by atoms with E-state index in [1.807, 2.05) is 0 Å². The number of aryl methyl sites for hydroxylation is 1. The Labute approximate surface area is 159 Å². The van der Waals surface area contributed by atoms with E-state index in [-0.39, 0.29) is 16.3 Å². The maximum atomic E-state index is 13.3. The van der Waals surface area contributed by atoms with Gasteiger partial charge >= 0.3 is 6.18 Å². The van der Waals surface area contributed by atoms with Crippen molar-refractivity contribution in [3.63, 3.8) is 0 Å². The predicted octanol–water partition coefficient (Wildman–Crippen LogP) is 3.56. The molecule has 0 aliphatic rings. The average molecular weight is 410 g/mol. The molecular weight excluding hydrogens is 393 g/mol. The summed E-state index contributed by atoms with van der Waals surface area (Å²) in [6.45, 7) is 1.80. The van der Waals surface area contributed by atoms with E-state index in [0.717, 1.165) is 22.0 Å². The Kier molecular flexibility index (Phi) is 4.94. The van der Waals surface area contributed by atoms with Crippen LogP contribution in [0.2, 0.25) is 0 Å². The van der Waals surface area contributed by atoms with E-state index < -0.39 is 21.9 Å². The van der Waals surface area contributed by atoms with Crippen LogP contribution in [-0.4, -0.2) is 25.2 Å². The maximum absolute atomic E-state index is 13.3. The molecule has 3 N–H and O–H groups in total. The molecule has 3 aromatic rings. The van der Waals surface area contributed by atoms with E-state index in [1.165, 1.54) is 24.3 Å².